The second-order valence-corrected chi connectivity index (χ2v) is 5.13. The lowest BCUT2D eigenvalue weighted by Gasteiger charge is -2.14. The highest BCUT2D eigenvalue weighted by molar-refractivity contribution is 7.99. The van der Waals surface area contributed by atoms with E-state index in [4.69, 9.17) is 0 Å². The summed E-state index contributed by atoms with van der Waals surface area (Å²) in [6.07, 6.45) is -0.345. The van der Waals surface area contributed by atoms with Gasteiger partial charge in [-0.25, -0.2) is 9.97 Å². The van der Waals surface area contributed by atoms with Crippen molar-refractivity contribution in [3.8, 4) is 0 Å². The fourth-order valence-corrected chi connectivity index (χ4v) is 2.10. The quantitative estimate of drug-likeness (QED) is 0.610. The molecular weight excluding hydrogens is 222 g/mol. The van der Waals surface area contributed by atoms with Crippen LogP contribution in [-0.4, -0.2) is 33.0 Å². The average molecular weight is 241 g/mol. The van der Waals surface area contributed by atoms with Gasteiger partial charge in [-0.2, -0.15) is 0 Å². The summed E-state index contributed by atoms with van der Waals surface area (Å²) in [7, 11) is 0. The predicted molar refractivity (Wildman–Crippen MR) is 67.9 cm³/mol. The van der Waals surface area contributed by atoms with Crippen LogP contribution in [0.3, 0.4) is 0 Å². The SMILES string of the molecule is CCNc1cc(SC(C)C(C)O)nc(C)n1. The Bertz CT molecular complexity index is 344. The third kappa shape index (κ3) is 3.98. The van der Waals surface area contributed by atoms with Crippen molar-refractivity contribution in [2.45, 2.75) is 44.1 Å². The summed E-state index contributed by atoms with van der Waals surface area (Å²) in [5, 5.41) is 13.6. The number of nitrogens with zero attached hydrogens (tertiary/aromatic N) is 2. The molecule has 1 heterocycles. The van der Waals surface area contributed by atoms with Crippen LogP contribution in [0, 0.1) is 6.92 Å². The van der Waals surface area contributed by atoms with Crippen molar-refractivity contribution < 1.29 is 5.11 Å². The van der Waals surface area contributed by atoms with E-state index in [1.54, 1.807) is 18.7 Å². The third-order valence-corrected chi connectivity index (χ3v) is 3.37. The fraction of sp³-hybridized carbons (Fsp3) is 0.636. The first-order valence-electron chi connectivity index (χ1n) is 5.47. The first-order chi connectivity index (χ1) is 7.52. The van der Waals surface area contributed by atoms with Gasteiger partial charge in [0.1, 0.15) is 16.7 Å². The van der Waals surface area contributed by atoms with E-state index in [0.29, 0.717) is 0 Å². The Balaban J connectivity index is 2.79. The molecule has 0 spiro atoms. The standard InChI is InChI=1S/C11H19N3OS/c1-5-12-10-6-11(14-9(4)13-10)16-8(3)7(2)15/h6-8,15H,5H2,1-4H3,(H,12,13,14). The van der Waals surface area contributed by atoms with Crippen molar-refractivity contribution in [3.63, 3.8) is 0 Å². The van der Waals surface area contributed by atoms with E-state index in [9.17, 15) is 5.11 Å². The third-order valence-electron chi connectivity index (χ3n) is 2.16. The molecule has 0 saturated heterocycles. The second kappa shape index (κ2) is 6.06. The number of nitrogens with one attached hydrogen (secondary N) is 1. The van der Waals surface area contributed by atoms with Gasteiger partial charge in [-0.3, -0.25) is 0 Å². The Hall–Kier alpha value is -0.810. The molecule has 0 radical (unpaired) electrons. The summed E-state index contributed by atoms with van der Waals surface area (Å²) in [4.78, 5) is 8.62. The summed E-state index contributed by atoms with van der Waals surface area (Å²) in [6.45, 7) is 8.52. The Morgan fingerprint density at radius 3 is 2.69 bits per heavy atom. The lowest BCUT2D eigenvalue weighted by atomic mass is 10.3. The highest BCUT2D eigenvalue weighted by Gasteiger charge is 2.12. The smallest absolute Gasteiger partial charge is 0.130 e. The van der Waals surface area contributed by atoms with Crippen LogP contribution in [0.1, 0.15) is 26.6 Å². The normalized spacial score (nSPS) is 14.6. The van der Waals surface area contributed by atoms with Gasteiger partial charge in [-0.1, -0.05) is 6.92 Å². The van der Waals surface area contributed by atoms with Crippen LogP contribution < -0.4 is 5.32 Å². The summed E-state index contributed by atoms with van der Waals surface area (Å²) >= 11 is 1.56. The summed E-state index contributed by atoms with van der Waals surface area (Å²) in [5.41, 5.74) is 0. The van der Waals surface area contributed by atoms with Crippen molar-refractivity contribution in [1.29, 1.82) is 0 Å². The van der Waals surface area contributed by atoms with E-state index in [1.807, 2.05) is 26.8 Å². The zero-order chi connectivity index (χ0) is 12.1. The second-order valence-electron chi connectivity index (χ2n) is 3.73. The van der Waals surface area contributed by atoms with Crippen LogP contribution in [0.15, 0.2) is 11.1 Å². The van der Waals surface area contributed by atoms with Crippen LogP contribution in [0.25, 0.3) is 0 Å². The number of hydrogen-bond donors (Lipinski definition) is 2. The number of thioether (sulfide) groups is 1. The van der Waals surface area contributed by atoms with Crippen molar-refractivity contribution >= 4 is 17.6 Å². The number of aliphatic hydroxyl groups is 1. The van der Waals surface area contributed by atoms with Crippen molar-refractivity contribution in [2.75, 3.05) is 11.9 Å². The van der Waals surface area contributed by atoms with Crippen LogP contribution in [-0.2, 0) is 0 Å². The number of aryl methyl sites for hydroxylation is 1. The van der Waals surface area contributed by atoms with Crippen LogP contribution in [0.5, 0.6) is 0 Å². The van der Waals surface area contributed by atoms with Gasteiger partial charge in [0, 0.05) is 17.9 Å². The van der Waals surface area contributed by atoms with E-state index in [2.05, 4.69) is 15.3 Å². The zero-order valence-corrected chi connectivity index (χ0v) is 11.0. The highest BCUT2D eigenvalue weighted by Crippen LogP contribution is 2.25. The fourth-order valence-electron chi connectivity index (χ4n) is 1.16. The molecule has 1 rings (SSSR count). The minimum atomic E-state index is -0.345. The van der Waals surface area contributed by atoms with Crippen LogP contribution >= 0.6 is 11.8 Å². The topological polar surface area (TPSA) is 58.0 Å². The van der Waals surface area contributed by atoms with Crippen molar-refractivity contribution in [3.05, 3.63) is 11.9 Å². The molecule has 0 aliphatic carbocycles. The van der Waals surface area contributed by atoms with Gasteiger partial charge in [-0.05, 0) is 20.8 Å². The molecule has 0 aliphatic rings. The molecular formula is C11H19N3OS. The average Bonchev–Trinajstić information content (AvgIpc) is 2.16. The Labute approximate surface area is 101 Å². The Kier molecular flexibility index (Phi) is 5.02. The molecule has 0 bridgehead atoms. The molecule has 90 valence electrons. The van der Waals surface area contributed by atoms with Crippen LogP contribution in [0.4, 0.5) is 5.82 Å². The summed E-state index contributed by atoms with van der Waals surface area (Å²) in [6, 6.07) is 1.92. The van der Waals surface area contributed by atoms with Gasteiger partial charge < -0.3 is 10.4 Å². The van der Waals surface area contributed by atoms with Gasteiger partial charge in [0.05, 0.1) is 6.10 Å². The lowest BCUT2D eigenvalue weighted by molar-refractivity contribution is 0.196. The lowest BCUT2D eigenvalue weighted by Crippen LogP contribution is -2.15. The zero-order valence-electron chi connectivity index (χ0n) is 10.2. The molecule has 0 saturated carbocycles. The van der Waals surface area contributed by atoms with Gasteiger partial charge >= 0.3 is 0 Å². The molecule has 2 atom stereocenters. The summed E-state index contributed by atoms with van der Waals surface area (Å²) < 4.78 is 0. The number of aliphatic hydroxyl groups excluding tert-OH is 1. The monoisotopic (exact) mass is 241 g/mol. The van der Waals surface area contributed by atoms with Gasteiger partial charge in [0.25, 0.3) is 0 Å². The number of hydrogen-bond acceptors (Lipinski definition) is 5. The molecule has 1 aromatic rings. The molecule has 2 unspecified atom stereocenters. The minimum absolute atomic E-state index is 0.128. The van der Waals surface area contributed by atoms with Gasteiger partial charge in [0.15, 0.2) is 0 Å². The minimum Gasteiger partial charge on any atom is -0.392 e. The van der Waals surface area contributed by atoms with E-state index in [0.717, 1.165) is 23.2 Å². The highest BCUT2D eigenvalue weighted by atomic mass is 32.2. The van der Waals surface area contributed by atoms with Gasteiger partial charge in [-0.15, -0.1) is 11.8 Å². The Morgan fingerprint density at radius 1 is 1.44 bits per heavy atom. The molecule has 0 aliphatic heterocycles. The van der Waals surface area contributed by atoms with E-state index >= 15 is 0 Å². The first-order valence-corrected chi connectivity index (χ1v) is 6.35. The van der Waals surface area contributed by atoms with Crippen LogP contribution in [0.2, 0.25) is 0 Å². The van der Waals surface area contributed by atoms with E-state index in [1.165, 1.54) is 0 Å². The molecule has 2 N–H and O–H groups in total. The van der Waals surface area contributed by atoms with Crippen molar-refractivity contribution in [1.82, 2.24) is 9.97 Å². The van der Waals surface area contributed by atoms with E-state index < -0.39 is 0 Å². The molecule has 0 aromatic carbocycles. The number of anilines is 1. The molecule has 0 fully saturated rings. The molecule has 4 nitrogen and oxygen atoms in total. The number of rotatable bonds is 5. The molecule has 16 heavy (non-hydrogen) atoms. The molecule has 1 aromatic heterocycles. The Morgan fingerprint density at radius 2 is 2.12 bits per heavy atom. The maximum absolute atomic E-state index is 9.44. The molecule has 5 heteroatoms. The molecule has 0 amide bonds. The summed E-state index contributed by atoms with van der Waals surface area (Å²) in [5.74, 6) is 1.59. The van der Waals surface area contributed by atoms with Crippen molar-refractivity contribution in [2.24, 2.45) is 0 Å². The predicted octanol–water partition coefficient (Wildman–Crippen LogP) is 2.08. The first kappa shape index (κ1) is 13.3. The maximum Gasteiger partial charge on any atom is 0.130 e. The van der Waals surface area contributed by atoms with Gasteiger partial charge in [0.2, 0.25) is 0 Å². The van der Waals surface area contributed by atoms with E-state index in [-0.39, 0.29) is 11.4 Å². The maximum atomic E-state index is 9.44. The number of aromatic nitrogens is 2. The largest absolute Gasteiger partial charge is 0.392 e.